The highest BCUT2D eigenvalue weighted by atomic mass is 16.5. The van der Waals surface area contributed by atoms with Gasteiger partial charge in [-0.25, -0.2) is 0 Å². The van der Waals surface area contributed by atoms with Gasteiger partial charge in [-0.05, 0) is 30.2 Å². The van der Waals surface area contributed by atoms with Crippen molar-refractivity contribution in [3.8, 4) is 0 Å². The van der Waals surface area contributed by atoms with E-state index < -0.39 is 0 Å². The van der Waals surface area contributed by atoms with Gasteiger partial charge < -0.3 is 14.1 Å². The molecule has 3 aromatic rings. The summed E-state index contributed by atoms with van der Waals surface area (Å²) in [5.41, 5.74) is 2.64. The van der Waals surface area contributed by atoms with Crippen LogP contribution >= 0.6 is 0 Å². The van der Waals surface area contributed by atoms with Crippen LogP contribution in [0.25, 0.3) is 11.0 Å². The van der Waals surface area contributed by atoms with Gasteiger partial charge in [0.1, 0.15) is 5.58 Å². The van der Waals surface area contributed by atoms with Gasteiger partial charge in [-0.2, -0.15) is 10.2 Å². The van der Waals surface area contributed by atoms with E-state index in [9.17, 15) is 4.79 Å². The van der Waals surface area contributed by atoms with E-state index in [-0.39, 0.29) is 11.8 Å². The lowest BCUT2D eigenvalue weighted by Crippen LogP contribution is -2.36. The number of carbonyl (C=O) groups is 1. The number of hydrogen-bond acceptors (Lipinski definition) is 5. The monoisotopic (exact) mass is 337 g/mol. The zero-order valence-corrected chi connectivity index (χ0v) is 13.8. The molecule has 0 bridgehead atoms. The van der Waals surface area contributed by atoms with Gasteiger partial charge in [0.15, 0.2) is 0 Å². The van der Waals surface area contributed by atoms with E-state index in [4.69, 9.17) is 9.15 Å². The standard InChI is InChI=1S/C19H19N3O3/c23-19(17-3-5-20-21-11-17)22-6-8-24-13-15(12-22)9-14-1-2-16-4-7-25-18(16)10-14/h1-5,7,10-11,15H,6,8-9,12-13H2. The normalized spacial score (nSPS) is 18.2. The lowest BCUT2D eigenvalue weighted by atomic mass is 9.98. The fraction of sp³-hybridized carbons (Fsp3) is 0.316. The molecule has 3 heterocycles. The molecule has 2 aromatic heterocycles. The molecule has 0 radical (unpaired) electrons. The quantitative estimate of drug-likeness (QED) is 0.735. The second kappa shape index (κ2) is 7.03. The second-order valence-electron chi connectivity index (χ2n) is 6.32. The van der Waals surface area contributed by atoms with Crippen molar-refractivity contribution in [1.82, 2.24) is 15.1 Å². The Hall–Kier alpha value is -2.73. The Bertz CT molecular complexity index is 862. The van der Waals surface area contributed by atoms with Gasteiger partial charge in [0.25, 0.3) is 5.91 Å². The van der Waals surface area contributed by atoms with Crippen LogP contribution in [0.1, 0.15) is 15.9 Å². The highest BCUT2D eigenvalue weighted by molar-refractivity contribution is 5.93. The Labute approximate surface area is 145 Å². The zero-order valence-electron chi connectivity index (χ0n) is 13.8. The molecule has 1 saturated heterocycles. The summed E-state index contributed by atoms with van der Waals surface area (Å²) in [5.74, 6) is 0.223. The lowest BCUT2D eigenvalue weighted by Gasteiger charge is -2.23. The van der Waals surface area contributed by atoms with E-state index in [2.05, 4.69) is 28.4 Å². The first-order valence-corrected chi connectivity index (χ1v) is 8.39. The van der Waals surface area contributed by atoms with Crippen LogP contribution in [0.5, 0.6) is 0 Å². The van der Waals surface area contributed by atoms with Crippen molar-refractivity contribution >= 4 is 16.9 Å². The molecule has 6 nitrogen and oxygen atoms in total. The van der Waals surface area contributed by atoms with Gasteiger partial charge in [-0.1, -0.05) is 12.1 Å². The van der Waals surface area contributed by atoms with Crippen molar-refractivity contribution in [2.45, 2.75) is 6.42 Å². The summed E-state index contributed by atoms with van der Waals surface area (Å²) in [6.07, 6.45) is 5.59. The molecular weight excluding hydrogens is 318 g/mol. The molecule has 0 spiro atoms. The van der Waals surface area contributed by atoms with Crippen LogP contribution in [-0.4, -0.2) is 47.3 Å². The lowest BCUT2D eigenvalue weighted by molar-refractivity contribution is 0.0736. The molecule has 1 atom stereocenters. The number of ether oxygens (including phenoxy) is 1. The Morgan fingerprint density at radius 3 is 3.08 bits per heavy atom. The number of rotatable bonds is 3. The number of fused-ring (bicyclic) bond motifs is 1. The van der Waals surface area contributed by atoms with Crippen LogP contribution in [0, 0.1) is 5.92 Å². The predicted molar refractivity (Wildman–Crippen MR) is 92.2 cm³/mol. The van der Waals surface area contributed by atoms with Crippen molar-refractivity contribution in [2.75, 3.05) is 26.3 Å². The predicted octanol–water partition coefficient (Wildman–Crippen LogP) is 2.55. The van der Waals surface area contributed by atoms with Gasteiger partial charge in [0.2, 0.25) is 0 Å². The van der Waals surface area contributed by atoms with E-state index in [1.54, 1.807) is 12.3 Å². The third-order valence-electron chi connectivity index (χ3n) is 4.50. The molecule has 1 unspecified atom stereocenters. The average molecular weight is 337 g/mol. The highest BCUT2D eigenvalue weighted by Gasteiger charge is 2.24. The Kier molecular flexibility index (Phi) is 4.43. The number of nitrogens with zero attached hydrogens (tertiary/aromatic N) is 3. The number of furan rings is 1. The average Bonchev–Trinajstić information content (AvgIpc) is 2.99. The number of amides is 1. The summed E-state index contributed by atoms with van der Waals surface area (Å²) in [6.45, 7) is 2.46. The molecule has 25 heavy (non-hydrogen) atoms. The van der Waals surface area contributed by atoms with E-state index in [0.29, 0.717) is 31.9 Å². The van der Waals surface area contributed by atoms with Crippen LogP contribution in [0.4, 0.5) is 0 Å². The number of benzene rings is 1. The zero-order chi connectivity index (χ0) is 17.1. The highest BCUT2D eigenvalue weighted by Crippen LogP contribution is 2.21. The van der Waals surface area contributed by atoms with Crippen molar-refractivity contribution in [1.29, 1.82) is 0 Å². The number of hydrogen-bond donors (Lipinski definition) is 0. The van der Waals surface area contributed by atoms with Crippen molar-refractivity contribution in [3.05, 3.63) is 60.1 Å². The summed E-state index contributed by atoms with van der Waals surface area (Å²) in [5, 5.41) is 8.62. The smallest absolute Gasteiger partial charge is 0.255 e. The maximum atomic E-state index is 12.7. The maximum absolute atomic E-state index is 12.7. The summed E-state index contributed by atoms with van der Waals surface area (Å²) in [6, 6.07) is 9.90. The van der Waals surface area contributed by atoms with Crippen molar-refractivity contribution < 1.29 is 13.9 Å². The largest absolute Gasteiger partial charge is 0.464 e. The van der Waals surface area contributed by atoms with E-state index >= 15 is 0 Å². The minimum Gasteiger partial charge on any atom is -0.464 e. The Balaban J connectivity index is 1.48. The second-order valence-corrected chi connectivity index (χ2v) is 6.32. The van der Waals surface area contributed by atoms with Gasteiger partial charge in [-0.3, -0.25) is 4.79 Å². The summed E-state index contributed by atoms with van der Waals surface area (Å²) < 4.78 is 11.2. The summed E-state index contributed by atoms with van der Waals surface area (Å²) >= 11 is 0. The number of aromatic nitrogens is 2. The molecule has 128 valence electrons. The molecule has 4 rings (SSSR count). The molecule has 0 aliphatic carbocycles. The molecule has 6 heteroatoms. The molecular formula is C19H19N3O3. The first-order valence-electron chi connectivity index (χ1n) is 8.39. The van der Waals surface area contributed by atoms with Crippen LogP contribution < -0.4 is 0 Å². The fourth-order valence-electron chi connectivity index (χ4n) is 3.25. The third-order valence-corrected chi connectivity index (χ3v) is 4.50. The molecule has 1 aliphatic heterocycles. The van der Waals surface area contributed by atoms with Crippen molar-refractivity contribution in [2.24, 2.45) is 5.92 Å². The summed E-state index contributed by atoms with van der Waals surface area (Å²) in [4.78, 5) is 14.5. The molecule has 1 aliphatic rings. The first kappa shape index (κ1) is 15.8. The van der Waals surface area contributed by atoms with Crippen molar-refractivity contribution in [3.63, 3.8) is 0 Å². The molecule has 0 saturated carbocycles. The molecule has 1 amide bonds. The Morgan fingerprint density at radius 2 is 2.20 bits per heavy atom. The molecule has 0 N–H and O–H groups in total. The van der Waals surface area contributed by atoms with Gasteiger partial charge in [0.05, 0.1) is 37.4 Å². The van der Waals surface area contributed by atoms with E-state index in [1.165, 1.54) is 18.0 Å². The number of carbonyl (C=O) groups excluding carboxylic acids is 1. The topological polar surface area (TPSA) is 68.5 Å². The van der Waals surface area contributed by atoms with E-state index in [1.807, 2.05) is 11.0 Å². The van der Waals surface area contributed by atoms with Crippen LogP contribution in [0.2, 0.25) is 0 Å². The Morgan fingerprint density at radius 1 is 1.24 bits per heavy atom. The molecule has 1 aromatic carbocycles. The minimum atomic E-state index is -0.0214. The third kappa shape index (κ3) is 3.53. The van der Waals surface area contributed by atoms with Gasteiger partial charge in [0, 0.05) is 24.4 Å². The van der Waals surface area contributed by atoms with Crippen LogP contribution in [0.15, 0.2) is 53.4 Å². The minimum absolute atomic E-state index is 0.0214. The fourth-order valence-corrected chi connectivity index (χ4v) is 3.25. The molecule has 1 fully saturated rings. The summed E-state index contributed by atoms with van der Waals surface area (Å²) in [7, 11) is 0. The van der Waals surface area contributed by atoms with E-state index in [0.717, 1.165) is 17.4 Å². The van der Waals surface area contributed by atoms with Gasteiger partial charge >= 0.3 is 0 Å². The van der Waals surface area contributed by atoms with Crippen LogP contribution in [0.3, 0.4) is 0 Å². The SMILES string of the molecule is O=C(c1ccnnc1)N1CCOCC(Cc2ccc3ccoc3c2)C1. The van der Waals surface area contributed by atoms with Crippen LogP contribution in [-0.2, 0) is 11.2 Å². The maximum Gasteiger partial charge on any atom is 0.255 e. The first-order chi connectivity index (χ1) is 12.3. The van der Waals surface area contributed by atoms with Gasteiger partial charge in [-0.15, -0.1) is 0 Å².